The molecule has 1 aliphatic carbocycles. The Hall–Kier alpha value is -1.43. The summed E-state index contributed by atoms with van der Waals surface area (Å²) in [5, 5.41) is 4.27. The molecule has 3 N–H and O–H groups in total. The number of thiophene rings is 1. The Morgan fingerprint density at radius 2 is 2.16 bits per heavy atom. The van der Waals surface area contributed by atoms with Crippen LogP contribution in [0.2, 0.25) is 0 Å². The first-order valence-corrected chi connectivity index (χ1v) is 7.21. The lowest BCUT2D eigenvalue weighted by Gasteiger charge is -2.13. The number of anilines is 2. The van der Waals surface area contributed by atoms with E-state index in [4.69, 9.17) is 10.5 Å². The maximum atomic E-state index is 12.1. The number of nitrogen functional groups attached to an aromatic ring is 1. The number of rotatable bonds is 5. The summed E-state index contributed by atoms with van der Waals surface area (Å²) < 4.78 is 5.34. The zero-order valence-corrected chi connectivity index (χ0v) is 12.6. The summed E-state index contributed by atoms with van der Waals surface area (Å²) in [7, 11) is 5.01. The van der Waals surface area contributed by atoms with Gasteiger partial charge in [0.1, 0.15) is 15.6 Å². The van der Waals surface area contributed by atoms with Crippen LogP contribution in [0.25, 0.3) is 0 Å². The predicted molar refractivity (Wildman–Crippen MR) is 79.1 cm³/mol. The van der Waals surface area contributed by atoms with Gasteiger partial charge in [-0.05, 0) is 25.7 Å². The molecule has 2 rings (SSSR count). The van der Waals surface area contributed by atoms with E-state index < -0.39 is 0 Å². The molecular weight excluding hydrogens is 262 g/mol. The van der Waals surface area contributed by atoms with Gasteiger partial charge in [0, 0.05) is 20.1 Å². The molecule has 1 fully saturated rings. The average Bonchev–Trinajstić information content (AvgIpc) is 3.15. The number of nitrogens with zero attached hydrogens (tertiary/aromatic N) is 1. The van der Waals surface area contributed by atoms with Crippen LogP contribution in [0.4, 0.5) is 10.7 Å². The molecule has 106 valence electrons. The molecule has 0 aliphatic heterocycles. The normalized spacial score (nSPS) is 16.0. The van der Waals surface area contributed by atoms with Crippen molar-refractivity contribution in [1.29, 1.82) is 0 Å². The van der Waals surface area contributed by atoms with Gasteiger partial charge in [0.15, 0.2) is 5.75 Å². The van der Waals surface area contributed by atoms with Crippen LogP contribution in [0.15, 0.2) is 0 Å². The fourth-order valence-electron chi connectivity index (χ4n) is 2.01. The summed E-state index contributed by atoms with van der Waals surface area (Å²) in [6.07, 6.45) is 2.53. The van der Waals surface area contributed by atoms with Gasteiger partial charge in [-0.1, -0.05) is 0 Å². The lowest BCUT2D eigenvalue weighted by Crippen LogP contribution is -2.21. The van der Waals surface area contributed by atoms with Crippen LogP contribution in [-0.2, 0) is 0 Å². The third kappa shape index (κ3) is 2.78. The number of methoxy groups -OCH3 is 1. The number of hydrogen-bond donors (Lipinski definition) is 2. The molecule has 0 radical (unpaired) electrons. The lowest BCUT2D eigenvalue weighted by atomic mass is 10.2. The quantitative estimate of drug-likeness (QED) is 0.869. The van der Waals surface area contributed by atoms with Gasteiger partial charge in [0.25, 0.3) is 5.91 Å². The first-order valence-electron chi connectivity index (χ1n) is 6.40. The Bertz CT molecular complexity index is 480. The van der Waals surface area contributed by atoms with Gasteiger partial charge in [-0.2, -0.15) is 0 Å². The molecule has 1 unspecified atom stereocenters. The van der Waals surface area contributed by atoms with Crippen molar-refractivity contribution in [2.24, 2.45) is 5.92 Å². The second-order valence-corrected chi connectivity index (χ2v) is 6.20. The van der Waals surface area contributed by atoms with E-state index in [2.05, 4.69) is 12.2 Å². The van der Waals surface area contributed by atoms with Crippen LogP contribution < -0.4 is 15.8 Å². The van der Waals surface area contributed by atoms with Crippen LogP contribution in [0.3, 0.4) is 0 Å². The molecule has 1 aromatic heterocycles. The Labute approximate surface area is 117 Å². The summed E-state index contributed by atoms with van der Waals surface area (Å²) in [5.41, 5.74) is 6.45. The Morgan fingerprint density at radius 1 is 1.53 bits per heavy atom. The van der Waals surface area contributed by atoms with Gasteiger partial charge in [0.05, 0.1) is 7.11 Å². The van der Waals surface area contributed by atoms with Crippen LogP contribution in [0.5, 0.6) is 5.75 Å². The van der Waals surface area contributed by atoms with Gasteiger partial charge in [-0.3, -0.25) is 4.79 Å². The molecular formula is C13H21N3O2S. The smallest absolute Gasteiger partial charge is 0.265 e. The van der Waals surface area contributed by atoms with Crippen molar-refractivity contribution in [2.45, 2.75) is 25.8 Å². The van der Waals surface area contributed by atoms with E-state index in [0.29, 0.717) is 22.4 Å². The lowest BCUT2D eigenvalue weighted by molar-refractivity contribution is 0.0833. The second kappa shape index (κ2) is 5.28. The molecule has 0 aromatic carbocycles. The predicted octanol–water partition coefficient (Wildman–Crippen LogP) is 2.25. The number of ether oxygens (including phenoxy) is 1. The summed E-state index contributed by atoms with van der Waals surface area (Å²) in [6.45, 7) is 2.15. The summed E-state index contributed by atoms with van der Waals surface area (Å²) >= 11 is 1.37. The van der Waals surface area contributed by atoms with E-state index in [-0.39, 0.29) is 5.91 Å². The minimum atomic E-state index is -0.0899. The van der Waals surface area contributed by atoms with E-state index in [9.17, 15) is 4.79 Å². The van der Waals surface area contributed by atoms with E-state index in [1.54, 1.807) is 21.2 Å². The molecule has 6 heteroatoms. The van der Waals surface area contributed by atoms with Crippen LogP contribution >= 0.6 is 11.3 Å². The number of nitrogens with one attached hydrogen (secondary N) is 1. The molecule has 1 heterocycles. The molecule has 0 bridgehead atoms. The standard InChI is InChI=1S/C13H21N3O2S/c1-7(8-5-6-8)15-12-10(18-4)9(14)11(19-12)13(17)16(2)3/h7-8,15H,5-6,14H2,1-4H3. The number of hydrogen-bond acceptors (Lipinski definition) is 5. The Kier molecular flexibility index (Phi) is 3.89. The fourth-order valence-corrected chi connectivity index (χ4v) is 3.22. The van der Waals surface area contributed by atoms with Crippen molar-refractivity contribution >= 4 is 27.9 Å². The van der Waals surface area contributed by atoms with Crippen molar-refractivity contribution in [2.75, 3.05) is 32.3 Å². The van der Waals surface area contributed by atoms with Crippen molar-refractivity contribution in [3.05, 3.63) is 4.88 Å². The van der Waals surface area contributed by atoms with Crippen molar-refractivity contribution in [3.63, 3.8) is 0 Å². The molecule has 1 saturated carbocycles. The monoisotopic (exact) mass is 283 g/mol. The Balaban J connectivity index is 2.27. The largest absolute Gasteiger partial charge is 0.492 e. The third-order valence-electron chi connectivity index (χ3n) is 3.39. The van der Waals surface area contributed by atoms with E-state index >= 15 is 0 Å². The average molecular weight is 283 g/mol. The van der Waals surface area contributed by atoms with Gasteiger partial charge >= 0.3 is 0 Å². The summed E-state index contributed by atoms with van der Waals surface area (Å²) in [6, 6.07) is 0.384. The van der Waals surface area contributed by atoms with E-state index in [0.717, 1.165) is 10.9 Å². The fraction of sp³-hybridized carbons (Fsp3) is 0.615. The minimum Gasteiger partial charge on any atom is -0.492 e. The highest BCUT2D eigenvalue weighted by Crippen LogP contribution is 2.44. The van der Waals surface area contributed by atoms with E-state index in [1.807, 2.05) is 0 Å². The highest BCUT2D eigenvalue weighted by molar-refractivity contribution is 7.19. The number of amides is 1. The minimum absolute atomic E-state index is 0.0899. The van der Waals surface area contributed by atoms with E-state index in [1.165, 1.54) is 29.1 Å². The summed E-state index contributed by atoms with van der Waals surface area (Å²) in [5.74, 6) is 1.22. The molecule has 1 amide bonds. The van der Waals surface area contributed by atoms with Gasteiger partial charge in [-0.25, -0.2) is 0 Å². The molecule has 1 aliphatic rings. The van der Waals surface area contributed by atoms with Gasteiger partial charge in [0.2, 0.25) is 0 Å². The van der Waals surface area contributed by atoms with Gasteiger partial charge in [-0.15, -0.1) is 11.3 Å². The summed E-state index contributed by atoms with van der Waals surface area (Å²) in [4.78, 5) is 14.1. The number of carbonyl (C=O) groups is 1. The molecule has 1 atom stereocenters. The molecule has 5 nitrogen and oxygen atoms in total. The van der Waals surface area contributed by atoms with Crippen molar-refractivity contribution < 1.29 is 9.53 Å². The Morgan fingerprint density at radius 3 is 2.63 bits per heavy atom. The highest BCUT2D eigenvalue weighted by Gasteiger charge is 2.30. The zero-order chi connectivity index (χ0) is 14.2. The maximum Gasteiger partial charge on any atom is 0.265 e. The first-order chi connectivity index (χ1) is 8.95. The number of nitrogens with two attached hydrogens (primary N) is 1. The molecule has 19 heavy (non-hydrogen) atoms. The SMILES string of the molecule is COc1c(NC(C)C2CC2)sc(C(=O)N(C)C)c1N. The maximum absolute atomic E-state index is 12.1. The van der Waals surface area contributed by atoms with Crippen LogP contribution in [-0.4, -0.2) is 38.1 Å². The van der Waals surface area contributed by atoms with Crippen LogP contribution in [0.1, 0.15) is 29.4 Å². The first kappa shape index (κ1) is 14.0. The second-order valence-electron chi connectivity index (χ2n) is 5.18. The van der Waals surface area contributed by atoms with Crippen molar-refractivity contribution in [3.8, 4) is 5.75 Å². The number of carbonyl (C=O) groups excluding carboxylic acids is 1. The van der Waals surface area contributed by atoms with Crippen LogP contribution in [0, 0.1) is 5.92 Å². The molecule has 1 aromatic rings. The highest BCUT2D eigenvalue weighted by atomic mass is 32.1. The molecule has 0 saturated heterocycles. The molecule has 0 spiro atoms. The topological polar surface area (TPSA) is 67.6 Å². The van der Waals surface area contributed by atoms with Crippen molar-refractivity contribution in [1.82, 2.24) is 4.90 Å². The third-order valence-corrected chi connectivity index (χ3v) is 4.50. The zero-order valence-electron chi connectivity index (χ0n) is 11.8. The van der Waals surface area contributed by atoms with Gasteiger partial charge < -0.3 is 20.7 Å².